The molecule has 37 heavy (non-hydrogen) atoms. The average Bonchev–Trinajstić information content (AvgIpc) is 3.34. The second-order valence-corrected chi connectivity index (χ2v) is 10.3. The Morgan fingerprint density at radius 1 is 0.865 bits per heavy atom. The molecule has 1 atom stereocenters. The van der Waals surface area contributed by atoms with Gasteiger partial charge in [0.1, 0.15) is 0 Å². The molecule has 6 nitrogen and oxygen atoms in total. The maximum absolute atomic E-state index is 6.46. The van der Waals surface area contributed by atoms with E-state index < -0.39 is 0 Å². The van der Waals surface area contributed by atoms with Crippen LogP contribution in [0.5, 0.6) is 0 Å². The minimum absolute atomic E-state index is 0.188. The fourth-order valence-electron chi connectivity index (χ4n) is 5.03. The Balaban J connectivity index is 1.42. The van der Waals surface area contributed by atoms with Gasteiger partial charge in [-0.3, -0.25) is 9.80 Å². The molecule has 3 aromatic carbocycles. The van der Waals surface area contributed by atoms with Crippen molar-refractivity contribution in [3.63, 3.8) is 0 Å². The number of para-hydroxylation sites is 1. The summed E-state index contributed by atoms with van der Waals surface area (Å²) in [5, 5.41) is 14.3. The summed E-state index contributed by atoms with van der Waals surface area (Å²) >= 11 is 12.9. The highest BCUT2D eigenvalue weighted by Gasteiger charge is 2.32. The summed E-state index contributed by atoms with van der Waals surface area (Å²) < 4.78 is 1.87. The number of aromatic nitrogens is 4. The van der Waals surface area contributed by atoms with Crippen LogP contribution in [-0.2, 0) is 0 Å². The Morgan fingerprint density at radius 2 is 1.54 bits per heavy atom. The number of piperazine rings is 1. The SMILES string of the molecule is Cc1cccc(C)c1-n1nnnc1[C@H](c1cc(Cl)cc(Cl)c1)N1CCN(CC=Cc2ccccc2)CC1. The van der Waals surface area contributed by atoms with Crippen molar-refractivity contribution >= 4 is 29.3 Å². The molecule has 0 saturated carbocycles. The third-order valence-electron chi connectivity index (χ3n) is 6.84. The van der Waals surface area contributed by atoms with E-state index in [0.717, 1.165) is 60.9 Å². The molecule has 1 aliphatic heterocycles. The molecule has 0 spiro atoms. The number of tetrazole rings is 1. The molecule has 0 unspecified atom stereocenters. The summed E-state index contributed by atoms with van der Waals surface area (Å²) in [5.41, 5.74) is 5.44. The Kier molecular flexibility index (Phi) is 8.01. The second kappa shape index (κ2) is 11.6. The number of hydrogen-bond acceptors (Lipinski definition) is 5. The van der Waals surface area contributed by atoms with E-state index in [-0.39, 0.29) is 6.04 Å². The van der Waals surface area contributed by atoms with E-state index >= 15 is 0 Å². The Labute approximate surface area is 228 Å². The van der Waals surface area contributed by atoms with Crippen molar-refractivity contribution in [2.45, 2.75) is 19.9 Å². The van der Waals surface area contributed by atoms with Crippen molar-refractivity contribution in [2.24, 2.45) is 0 Å². The van der Waals surface area contributed by atoms with E-state index in [1.807, 2.05) is 22.9 Å². The topological polar surface area (TPSA) is 50.1 Å². The molecule has 2 heterocycles. The summed E-state index contributed by atoms with van der Waals surface area (Å²) in [7, 11) is 0. The van der Waals surface area contributed by atoms with E-state index in [2.05, 4.69) is 93.8 Å². The quantitative estimate of drug-likeness (QED) is 0.292. The first kappa shape index (κ1) is 25.6. The van der Waals surface area contributed by atoms with Crippen LogP contribution in [0.2, 0.25) is 10.0 Å². The summed E-state index contributed by atoms with van der Waals surface area (Å²) in [5.74, 6) is 0.758. The lowest BCUT2D eigenvalue weighted by Gasteiger charge is -2.38. The van der Waals surface area contributed by atoms with Crippen molar-refractivity contribution in [2.75, 3.05) is 32.7 Å². The van der Waals surface area contributed by atoms with E-state index in [4.69, 9.17) is 23.2 Å². The summed E-state index contributed by atoms with van der Waals surface area (Å²) in [4.78, 5) is 4.89. The first-order chi connectivity index (χ1) is 18.0. The minimum Gasteiger partial charge on any atom is -0.297 e. The van der Waals surface area contributed by atoms with Gasteiger partial charge in [0, 0.05) is 42.8 Å². The molecular formula is C29H30Cl2N6. The zero-order valence-electron chi connectivity index (χ0n) is 21.1. The normalized spacial score (nSPS) is 15.9. The lowest BCUT2D eigenvalue weighted by molar-refractivity contribution is 0.113. The van der Waals surface area contributed by atoms with E-state index in [0.29, 0.717) is 10.0 Å². The first-order valence-electron chi connectivity index (χ1n) is 12.5. The number of rotatable bonds is 7. The summed E-state index contributed by atoms with van der Waals surface area (Å²) in [6.07, 6.45) is 4.42. The predicted octanol–water partition coefficient (Wildman–Crippen LogP) is 6.01. The van der Waals surface area contributed by atoms with Crippen molar-refractivity contribution in [1.82, 2.24) is 30.0 Å². The van der Waals surface area contributed by atoms with Crippen LogP contribution in [0.15, 0.2) is 72.8 Å². The highest BCUT2D eigenvalue weighted by atomic mass is 35.5. The van der Waals surface area contributed by atoms with Gasteiger partial charge >= 0.3 is 0 Å². The van der Waals surface area contributed by atoms with Crippen molar-refractivity contribution in [3.05, 3.63) is 111 Å². The molecule has 0 N–H and O–H groups in total. The molecule has 1 aromatic heterocycles. The van der Waals surface area contributed by atoms with Crippen LogP contribution < -0.4 is 0 Å². The monoisotopic (exact) mass is 532 g/mol. The zero-order valence-corrected chi connectivity index (χ0v) is 22.6. The highest BCUT2D eigenvalue weighted by Crippen LogP contribution is 2.33. The van der Waals surface area contributed by atoms with Gasteiger partial charge in [0.25, 0.3) is 0 Å². The number of hydrogen-bond donors (Lipinski definition) is 0. The number of nitrogens with zero attached hydrogens (tertiary/aromatic N) is 6. The van der Waals surface area contributed by atoms with Crippen LogP contribution in [-0.4, -0.2) is 62.7 Å². The fourth-order valence-corrected chi connectivity index (χ4v) is 5.57. The van der Waals surface area contributed by atoms with Crippen LogP contribution in [0.4, 0.5) is 0 Å². The predicted molar refractivity (Wildman–Crippen MR) is 150 cm³/mol. The van der Waals surface area contributed by atoms with Crippen molar-refractivity contribution in [3.8, 4) is 5.69 Å². The largest absolute Gasteiger partial charge is 0.297 e. The molecule has 0 radical (unpaired) electrons. The molecule has 1 saturated heterocycles. The lowest BCUT2D eigenvalue weighted by Crippen LogP contribution is -2.48. The molecule has 190 valence electrons. The highest BCUT2D eigenvalue weighted by molar-refractivity contribution is 6.34. The molecule has 0 aliphatic carbocycles. The third kappa shape index (κ3) is 5.94. The first-order valence-corrected chi connectivity index (χ1v) is 13.2. The summed E-state index contributed by atoms with van der Waals surface area (Å²) in [6.45, 7) is 8.70. The Bertz CT molecular complexity index is 1340. The standard InChI is InChI=1S/C29H30Cl2N6/c1-21-8-6-9-22(2)27(21)37-29(32-33-34-37)28(24-18-25(30)20-26(31)19-24)36-16-14-35(15-17-36)13-7-12-23-10-4-3-5-11-23/h3-12,18-20,28H,13-17H2,1-2H3/t28-/m0/s1. The van der Waals surface area contributed by atoms with Gasteiger partial charge in [-0.05, 0) is 64.7 Å². The van der Waals surface area contributed by atoms with Crippen molar-refractivity contribution < 1.29 is 0 Å². The van der Waals surface area contributed by atoms with Crippen LogP contribution >= 0.6 is 23.2 Å². The number of benzene rings is 3. The van der Waals surface area contributed by atoms with Gasteiger partial charge in [-0.1, -0.05) is 83.9 Å². The van der Waals surface area contributed by atoms with Gasteiger partial charge < -0.3 is 0 Å². The van der Waals surface area contributed by atoms with E-state index in [1.165, 1.54) is 5.56 Å². The van der Waals surface area contributed by atoms with Gasteiger partial charge in [-0.2, -0.15) is 4.68 Å². The Morgan fingerprint density at radius 3 is 2.22 bits per heavy atom. The molecule has 0 amide bonds. The van der Waals surface area contributed by atoms with E-state index in [1.54, 1.807) is 6.07 Å². The maximum atomic E-state index is 6.46. The van der Waals surface area contributed by atoms with Gasteiger partial charge in [-0.25, -0.2) is 0 Å². The van der Waals surface area contributed by atoms with Gasteiger partial charge in [0.2, 0.25) is 0 Å². The second-order valence-electron chi connectivity index (χ2n) is 9.44. The lowest BCUT2D eigenvalue weighted by atomic mass is 10.0. The minimum atomic E-state index is -0.188. The average molecular weight is 534 g/mol. The van der Waals surface area contributed by atoms with Crippen LogP contribution in [0.3, 0.4) is 0 Å². The molecule has 5 rings (SSSR count). The van der Waals surface area contributed by atoms with Gasteiger partial charge in [0.15, 0.2) is 5.82 Å². The summed E-state index contributed by atoms with van der Waals surface area (Å²) in [6, 6.07) is 22.1. The maximum Gasteiger partial charge on any atom is 0.178 e. The molecule has 4 aromatic rings. The Hall–Kier alpha value is -3.03. The molecule has 1 fully saturated rings. The van der Waals surface area contributed by atoms with Crippen LogP contribution in [0.1, 0.15) is 34.1 Å². The number of halogens is 2. The zero-order chi connectivity index (χ0) is 25.8. The fraction of sp³-hybridized carbons (Fsp3) is 0.276. The molecule has 1 aliphatic rings. The molecular weight excluding hydrogens is 503 g/mol. The number of aryl methyl sites for hydroxylation is 2. The van der Waals surface area contributed by atoms with Gasteiger partial charge in [-0.15, -0.1) is 5.10 Å². The third-order valence-corrected chi connectivity index (χ3v) is 7.27. The molecule has 8 heteroatoms. The van der Waals surface area contributed by atoms with Gasteiger partial charge in [0.05, 0.1) is 11.7 Å². The van der Waals surface area contributed by atoms with E-state index in [9.17, 15) is 0 Å². The van der Waals surface area contributed by atoms with Crippen LogP contribution in [0.25, 0.3) is 11.8 Å². The van der Waals surface area contributed by atoms with Crippen LogP contribution in [0, 0.1) is 13.8 Å². The smallest absolute Gasteiger partial charge is 0.178 e. The van der Waals surface area contributed by atoms with Crippen molar-refractivity contribution in [1.29, 1.82) is 0 Å². The molecule has 0 bridgehead atoms.